The van der Waals surface area contributed by atoms with Crippen LogP contribution in [0, 0.1) is 5.41 Å². The van der Waals surface area contributed by atoms with Crippen LogP contribution in [-0.4, -0.2) is 37.4 Å². The molecule has 2 rings (SSSR count). The zero-order valence-corrected chi connectivity index (χ0v) is 14.3. The first-order valence-corrected chi connectivity index (χ1v) is 8.06. The molecule has 0 spiro atoms. The van der Waals surface area contributed by atoms with Gasteiger partial charge in [-0.15, -0.1) is 0 Å². The summed E-state index contributed by atoms with van der Waals surface area (Å²) in [7, 11) is 3.50. The summed E-state index contributed by atoms with van der Waals surface area (Å²) in [5, 5.41) is 3.66. The van der Waals surface area contributed by atoms with Gasteiger partial charge in [0.2, 0.25) is 5.91 Å². The molecule has 0 aromatic heterocycles. The molecular formula is C16H20Cl2N2O2. The van der Waals surface area contributed by atoms with Crippen molar-refractivity contribution in [2.45, 2.75) is 25.7 Å². The van der Waals surface area contributed by atoms with Crippen LogP contribution in [0.3, 0.4) is 0 Å². The number of carbonyl (C=O) groups is 2. The number of benzene rings is 1. The minimum Gasteiger partial charge on any atom is -0.351 e. The van der Waals surface area contributed by atoms with Crippen molar-refractivity contribution >= 4 is 35.0 Å². The first-order chi connectivity index (χ1) is 10.4. The molecule has 0 atom stereocenters. The van der Waals surface area contributed by atoms with Crippen LogP contribution in [0.5, 0.6) is 0 Å². The molecule has 22 heavy (non-hydrogen) atoms. The molecule has 1 fully saturated rings. The Kier molecular flexibility index (Phi) is 5.35. The molecule has 0 radical (unpaired) electrons. The van der Waals surface area contributed by atoms with Gasteiger partial charge in [0.05, 0.1) is 16.0 Å². The lowest BCUT2D eigenvalue weighted by Gasteiger charge is -2.30. The zero-order valence-electron chi connectivity index (χ0n) is 12.8. The van der Waals surface area contributed by atoms with Crippen molar-refractivity contribution in [3.63, 3.8) is 0 Å². The fourth-order valence-corrected chi connectivity index (χ4v) is 3.51. The van der Waals surface area contributed by atoms with Crippen LogP contribution < -0.4 is 5.32 Å². The van der Waals surface area contributed by atoms with Gasteiger partial charge in [-0.2, -0.15) is 0 Å². The maximum Gasteiger partial charge on any atom is 0.252 e. The maximum absolute atomic E-state index is 12.5. The van der Waals surface area contributed by atoms with Crippen molar-refractivity contribution < 1.29 is 9.59 Å². The molecule has 0 unspecified atom stereocenters. The highest BCUT2D eigenvalue weighted by Crippen LogP contribution is 2.39. The van der Waals surface area contributed by atoms with Gasteiger partial charge >= 0.3 is 0 Å². The summed E-state index contributed by atoms with van der Waals surface area (Å²) in [6.07, 6.45) is 3.63. The molecule has 6 heteroatoms. The number of halogens is 2. The first kappa shape index (κ1) is 17.1. The van der Waals surface area contributed by atoms with Crippen molar-refractivity contribution in [1.29, 1.82) is 0 Å². The standard InChI is InChI=1S/C16H20Cl2N2O2/c1-20(2)15(22)16(7-3-4-8-16)10-19-14(21)12-6-5-11(17)9-13(12)18/h5-6,9H,3-4,7-8,10H2,1-2H3,(H,19,21). The monoisotopic (exact) mass is 342 g/mol. The van der Waals surface area contributed by atoms with Crippen LogP contribution in [-0.2, 0) is 4.79 Å². The second-order valence-electron chi connectivity index (χ2n) is 5.99. The van der Waals surface area contributed by atoms with Gasteiger partial charge in [-0.3, -0.25) is 9.59 Å². The van der Waals surface area contributed by atoms with Gasteiger partial charge in [-0.25, -0.2) is 0 Å². The molecule has 120 valence electrons. The smallest absolute Gasteiger partial charge is 0.252 e. The minimum atomic E-state index is -0.488. The summed E-state index contributed by atoms with van der Waals surface area (Å²) in [5.41, 5.74) is -0.116. The van der Waals surface area contributed by atoms with Crippen LogP contribution in [0.1, 0.15) is 36.0 Å². The molecule has 4 nitrogen and oxygen atoms in total. The highest BCUT2D eigenvalue weighted by Gasteiger charge is 2.42. The molecule has 1 saturated carbocycles. The molecule has 1 N–H and O–H groups in total. The summed E-state index contributed by atoms with van der Waals surface area (Å²) >= 11 is 11.9. The SMILES string of the molecule is CN(C)C(=O)C1(CNC(=O)c2ccc(Cl)cc2Cl)CCCC1. The average Bonchev–Trinajstić information content (AvgIpc) is 2.94. The molecule has 0 heterocycles. The second-order valence-corrected chi connectivity index (χ2v) is 6.84. The van der Waals surface area contributed by atoms with Crippen LogP contribution in [0.2, 0.25) is 10.0 Å². The van der Waals surface area contributed by atoms with Gasteiger partial charge in [0.25, 0.3) is 5.91 Å². The summed E-state index contributed by atoms with van der Waals surface area (Å²) in [6.45, 7) is 0.335. The average molecular weight is 343 g/mol. The molecule has 0 bridgehead atoms. The van der Waals surface area contributed by atoms with E-state index in [-0.39, 0.29) is 11.8 Å². The predicted molar refractivity (Wildman–Crippen MR) is 88.4 cm³/mol. The Hall–Kier alpha value is -1.26. The van der Waals surface area contributed by atoms with Crippen molar-refractivity contribution in [2.75, 3.05) is 20.6 Å². The van der Waals surface area contributed by atoms with Gasteiger partial charge in [0, 0.05) is 25.7 Å². The van der Waals surface area contributed by atoms with Gasteiger partial charge in [0.15, 0.2) is 0 Å². The van der Waals surface area contributed by atoms with E-state index in [0.29, 0.717) is 22.2 Å². The van der Waals surface area contributed by atoms with Crippen molar-refractivity contribution in [3.8, 4) is 0 Å². The summed E-state index contributed by atoms with van der Waals surface area (Å²) in [5.74, 6) is -0.202. The number of rotatable bonds is 4. The summed E-state index contributed by atoms with van der Waals surface area (Å²) in [4.78, 5) is 26.4. The lowest BCUT2D eigenvalue weighted by molar-refractivity contribution is -0.138. The third kappa shape index (κ3) is 3.55. The number of amides is 2. The van der Waals surface area contributed by atoms with E-state index in [1.54, 1.807) is 31.1 Å². The van der Waals surface area contributed by atoms with Crippen LogP contribution >= 0.6 is 23.2 Å². The van der Waals surface area contributed by atoms with E-state index in [2.05, 4.69) is 5.32 Å². The maximum atomic E-state index is 12.5. The Balaban J connectivity index is 2.09. The first-order valence-electron chi connectivity index (χ1n) is 7.31. The van der Waals surface area contributed by atoms with Gasteiger partial charge in [-0.1, -0.05) is 36.0 Å². The van der Waals surface area contributed by atoms with Gasteiger partial charge in [0.1, 0.15) is 0 Å². The quantitative estimate of drug-likeness (QED) is 0.911. The fourth-order valence-electron chi connectivity index (χ4n) is 3.01. The zero-order chi connectivity index (χ0) is 16.3. The lowest BCUT2D eigenvalue weighted by atomic mass is 9.84. The topological polar surface area (TPSA) is 49.4 Å². The second kappa shape index (κ2) is 6.88. The molecule has 1 aliphatic carbocycles. The highest BCUT2D eigenvalue weighted by atomic mass is 35.5. The molecule has 1 aromatic rings. The summed E-state index contributed by atoms with van der Waals surface area (Å²) in [6, 6.07) is 4.75. The summed E-state index contributed by atoms with van der Waals surface area (Å²) < 4.78 is 0. The Bertz CT molecular complexity index is 582. The van der Waals surface area contributed by atoms with E-state index < -0.39 is 5.41 Å². The van der Waals surface area contributed by atoms with E-state index in [0.717, 1.165) is 25.7 Å². The highest BCUT2D eigenvalue weighted by molar-refractivity contribution is 6.36. The number of carbonyl (C=O) groups excluding carboxylic acids is 2. The Labute approximate surface area is 140 Å². The third-order valence-electron chi connectivity index (χ3n) is 4.18. The van der Waals surface area contributed by atoms with Crippen LogP contribution in [0.25, 0.3) is 0 Å². The number of hydrogen-bond acceptors (Lipinski definition) is 2. The molecule has 0 aliphatic heterocycles. The number of nitrogens with zero attached hydrogens (tertiary/aromatic N) is 1. The molecular weight excluding hydrogens is 323 g/mol. The fraction of sp³-hybridized carbons (Fsp3) is 0.500. The Morgan fingerprint density at radius 2 is 1.86 bits per heavy atom. The number of nitrogens with one attached hydrogen (secondary N) is 1. The van der Waals surface area contributed by atoms with Crippen LogP contribution in [0.4, 0.5) is 0 Å². The van der Waals surface area contributed by atoms with E-state index in [9.17, 15) is 9.59 Å². The lowest BCUT2D eigenvalue weighted by Crippen LogP contribution is -2.46. The molecule has 2 amide bonds. The predicted octanol–water partition coefficient (Wildman–Crippen LogP) is 3.37. The van der Waals surface area contributed by atoms with Crippen molar-refractivity contribution in [2.24, 2.45) is 5.41 Å². The Morgan fingerprint density at radius 1 is 1.23 bits per heavy atom. The molecule has 1 aliphatic rings. The van der Waals surface area contributed by atoms with Gasteiger partial charge < -0.3 is 10.2 Å². The van der Waals surface area contributed by atoms with E-state index in [1.807, 2.05) is 0 Å². The minimum absolute atomic E-state index is 0.0764. The van der Waals surface area contributed by atoms with Gasteiger partial charge in [-0.05, 0) is 31.0 Å². The van der Waals surface area contributed by atoms with E-state index in [4.69, 9.17) is 23.2 Å². The molecule has 0 saturated heterocycles. The van der Waals surface area contributed by atoms with E-state index >= 15 is 0 Å². The largest absolute Gasteiger partial charge is 0.351 e. The third-order valence-corrected chi connectivity index (χ3v) is 4.73. The Morgan fingerprint density at radius 3 is 2.41 bits per heavy atom. The number of hydrogen-bond donors (Lipinski definition) is 1. The van der Waals surface area contributed by atoms with Crippen molar-refractivity contribution in [1.82, 2.24) is 10.2 Å². The van der Waals surface area contributed by atoms with Crippen molar-refractivity contribution in [3.05, 3.63) is 33.8 Å². The van der Waals surface area contributed by atoms with Crippen LogP contribution in [0.15, 0.2) is 18.2 Å². The normalized spacial score (nSPS) is 16.4. The van der Waals surface area contributed by atoms with E-state index in [1.165, 1.54) is 6.07 Å². The molecule has 1 aromatic carbocycles.